The van der Waals surface area contributed by atoms with Gasteiger partial charge in [-0.05, 0) is 55.0 Å². The molecule has 144 valence electrons. The van der Waals surface area contributed by atoms with Gasteiger partial charge in [-0.3, -0.25) is 14.9 Å². The number of thiocarbonyl (C=S) groups is 1. The average molecular weight is 400 g/mol. The molecule has 1 aliphatic heterocycles. The Bertz CT molecular complexity index is 990. The number of methoxy groups -OCH3 is 1. The van der Waals surface area contributed by atoms with Gasteiger partial charge in [0.05, 0.1) is 19.4 Å². The lowest BCUT2D eigenvalue weighted by molar-refractivity contribution is -0.122. The van der Waals surface area contributed by atoms with E-state index in [0.717, 1.165) is 4.90 Å². The van der Waals surface area contributed by atoms with Crippen LogP contribution in [0.4, 0.5) is 10.1 Å². The molecule has 1 N–H and O–H groups in total. The maximum absolute atomic E-state index is 14.2. The normalized spacial score (nSPS) is 15.6. The Labute approximate surface area is 166 Å². The topological polar surface area (TPSA) is 67.9 Å². The fourth-order valence-electron chi connectivity index (χ4n) is 2.73. The van der Waals surface area contributed by atoms with Gasteiger partial charge in [-0.1, -0.05) is 18.2 Å². The summed E-state index contributed by atoms with van der Waals surface area (Å²) in [5.41, 5.74) is 0.335. The minimum absolute atomic E-state index is 0.0341. The van der Waals surface area contributed by atoms with Crippen LogP contribution in [0.15, 0.2) is 48.0 Å². The maximum atomic E-state index is 14.2. The van der Waals surface area contributed by atoms with Crippen molar-refractivity contribution in [1.82, 2.24) is 5.32 Å². The van der Waals surface area contributed by atoms with Crippen LogP contribution in [0, 0.1) is 5.82 Å². The highest BCUT2D eigenvalue weighted by Gasteiger charge is 2.35. The molecule has 0 aliphatic carbocycles. The van der Waals surface area contributed by atoms with E-state index in [4.69, 9.17) is 21.7 Å². The number of carbonyl (C=O) groups is 2. The molecule has 0 unspecified atom stereocenters. The molecule has 0 atom stereocenters. The summed E-state index contributed by atoms with van der Waals surface area (Å²) in [5.74, 6) is -0.997. The zero-order valence-electron chi connectivity index (χ0n) is 15.2. The highest BCUT2D eigenvalue weighted by atomic mass is 32.1. The third-order valence-electron chi connectivity index (χ3n) is 3.99. The first-order valence-electron chi connectivity index (χ1n) is 8.43. The molecule has 2 aromatic carbocycles. The Morgan fingerprint density at radius 1 is 1.18 bits per heavy atom. The molecule has 2 amide bonds. The molecule has 0 radical (unpaired) electrons. The monoisotopic (exact) mass is 400 g/mol. The SMILES string of the molecule is CCOc1cc(/C=C2\C(=O)NC(=S)N(c3ccccc3F)C2=O)ccc1OC. The Balaban J connectivity index is 2.02. The van der Waals surface area contributed by atoms with Crippen molar-refractivity contribution in [3.8, 4) is 11.5 Å². The fraction of sp³-hybridized carbons (Fsp3) is 0.150. The van der Waals surface area contributed by atoms with Crippen molar-refractivity contribution in [2.75, 3.05) is 18.6 Å². The molecule has 0 saturated carbocycles. The molecule has 1 heterocycles. The van der Waals surface area contributed by atoms with Crippen molar-refractivity contribution in [2.45, 2.75) is 6.92 Å². The number of amides is 2. The number of hydrogen-bond acceptors (Lipinski definition) is 5. The maximum Gasteiger partial charge on any atom is 0.270 e. The van der Waals surface area contributed by atoms with E-state index in [2.05, 4.69) is 5.32 Å². The zero-order valence-corrected chi connectivity index (χ0v) is 16.0. The van der Waals surface area contributed by atoms with Crippen molar-refractivity contribution in [3.63, 3.8) is 0 Å². The van der Waals surface area contributed by atoms with E-state index >= 15 is 0 Å². The first-order valence-corrected chi connectivity index (χ1v) is 8.84. The molecule has 3 rings (SSSR count). The van der Waals surface area contributed by atoms with E-state index in [1.165, 1.54) is 31.4 Å². The lowest BCUT2D eigenvalue weighted by Crippen LogP contribution is -2.54. The van der Waals surface area contributed by atoms with Crippen molar-refractivity contribution in [2.24, 2.45) is 0 Å². The minimum atomic E-state index is -0.715. The third kappa shape index (κ3) is 3.72. The molecule has 0 spiro atoms. The smallest absolute Gasteiger partial charge is 0.270 e. The predicted octanol–water partition coefficient (Wildman–Crippen LogP) is 3.06. The van der Waals surface area contributed by atoms with Gasteiger partial charge in [-0.2, -0.15) is 0 Å². The molecule has 28 heavy (non-hydrogen) atoms. The number of carbonyl (C=O) groups excluding carboxylic acids is 2. The van der Waals surface area contributed by atoms with Gasteiger partial charge >= 0.3 is 0 Å². The van der Waals surface area contributed by atoms with Crippen LogP contribution >= 0.6 is 12.2 Å². The second kappa shape index (κ2) is 8.18. The molecule has 1 aliphatic rings. The van der Waals surface area contributed by atoms with Crippen molar-refractivity contribution >= 4 is 40.9 Å². The third-order valence-corrected chi connectivity index (χ3v) is 4.28. The largest absolute Gasteiger partial charge is 0.493 e. The average Bonchev–Trinajstić information content (AvgIpc) is 2.67. The molecule has 1 fully saturated rings. The minimum Gasteiger partial charge on any atom is -0.493 e. The van der Waals surface area contributed by atoms with Gasteiger partial charge in [0, 0.05) is 0 Å². The summed E-state index contributed by atoms with van der Waals surface area (Å²) >= 11 is 5.07. The van der Waals surface area contributed by atoms with E-state index in [1.807, 2.05) is 6.92 Å². The molecule has 0 aromatic heterocycles. The van der Waals surface area contributed by atoms with E-state index in [0.29, 0.717) is 23.7 Å². The van der Waals surface area contributed by atoms with E-state index in [1.54, 1.807) is 24.3 Å². The van der Waals surface area contributed by atoms with Crippen molar-refractivity contribution < 1.29 is 23.5 Å². The fourth-order valence-corrected chi connectivity index (χ4v) is 3.00. The Morgan fingerprint density at radius 3 is 2.61 bits per heavy atom. The van der Waals surface area contributed by atoms with Gasteiger partial charge in [0.2, 0.25) is 0 Å². The molecule has 6 nitrogen and oxygen atoms in total. The summed E-state index contributed by atoms with van der Waals surface area (Å²) in [6.07, 6.45) is 1.40. The number of rotatable bonds is 5. The molecule has 8 heteroatoms. The highest BCUT2D eigenvalue weighted by Crippen LogP contribution is 2.30. The van der Waals surface area contributed by atoms with Gasteiger partial charge in [-0.25, -0.2) is 9.29 Å². The second-order valence-corrected chi connectivity index (χ2v) is 6.14. The summed E-state index contributed by atoms with van der Waals surface area (Å²) in [5, 5.41) is 2.25. The first kappa shape index (κ1) is 19.5. The second-order valence-electron chi connectivity index (χ2n) is 5.75. The van der Waals surface area contributed by atoms with E-state index in [9.17, 15) is 14.0 Å². The number of para-hydroxylation sites is 1. The lowest BCUT2D eigenvalue weighted by atomic mass is 10.1. The number of anilines is 1. The molecular weight excluding hydrogens is 383 g/mol. The van der Waals surface area contributed by atoms with Crippen LogP contribution in [-0.2, 0) is 9.59 Å². The Hall–Kier alpha value is -3.26. The summed E-state index contributed by atoms with van der Waals surface area (Å²) in [6, 6.07) is 10.7. The molecule has 1 saturated heterocycles. The van der Waals surface area contributed by atoms with Crippen molar-refractivity contribution in [3.05, 3.63) is 59.4 Å². The predicted molar refractivity (Wildman–Crippen MR) is 107 cm³/mol. The van der Waals surface area contributed by atoms with Crippen LogP contribution in [0.1, 0.15) is 12.5 Å². The molecular formula is C20H17FN2O4S. The Kier molecular flexibility index (Phi) is 5.70. The summed E-state index contributed by atoms with van der Waals surface area (Å²) in [6.45, 7) is 2.25. The van der Waals surface area contributed by atoms with Crippen LogP contribution in [0.2, 0.25) is 0 Å². The Morgan fingerprint density at radius 2 is 1.93 bits per heavy atom. The summed E-state index contributed by atoms with van der Waals surface area (Å²) in [4.78, 5) is 26.2. The van der Waals surface area contributed by atoms with Crippen molar-refractivity contribution in [1.29, 1.82) is 0 Å². The standard InChI is InChI=1S/C20H17FN2O4S/c1-3-27-17-11-12(8-9-16(17)26-2)10-13-18(24)22-20(28)23(19(13)25)15-7-5-4-6-14(15)21/h4-11H,3H2,1-2H3,(H,22,24,28)/b13-10+. The van der Waals surface area contributed by atoms with E-state index < -0.39 is 17.6 Å². The van der Waals surface area contributed by atoms with Crippen LogP contribution in [-0.4, -0.2) is 30.6 Å². The van der Waals surface area contributed by atoms with E-state index in [-0.39, 0.29) is 16.4 Å². The summed E-state index contributed by atoms with van der Waals surface area (Å²) in [7, 11) is 1.52. The summed E-state index contributed by atoms with van der Waals surface area (Å²) < 4.78 is 24.9. The van der Waals surface area contributed by atoms with Gasteiger partial charge in [0.15, 0.2) is 16.6 Å². The first-order chi connectivity index (χ1) is 13.5. The number of nitrogens with zero attached hydrogens (tertiary/aromatic N) is 1. The van der Waals surface area contributed by atoms with Crippen LogP contribution < -0.4 is 19.7 Å². The number of nitrogens with one attached hydrogen (secondary N) is 1. The number of ether oxygens (including phenoxy) is 2. The van der Waals surface area contributed by atoms with Crippen LogP contribution in [0.5, 0.6) is 11.5 Å². The number of halogens is 1. The van der Waals surface area contributed by atoms with Gasteiger partial charge < -0.3 is 9.47 Å². The number of benzene rings is 2. The van der Waals surface area contributed by atoms with Gasteiger partial charge in [0.1, 0.15) is 11.4 Å². The van der Waals surface area contributed by atoms with Crippen LogP contribution in [0.25, 0.3) is 6.08 Å². The zero-order chi connectivity index (χ0) is 20.3. The number of hydrogen-bond donors (Lipinski definition) is 1. The van der Waals surface area contributed by atoms with Gasteiger partial charge in [0.25, 0.3) is 11.8 Å². The molecule has 2 aromatic rings. The quantitative estimate of drug-likeness (QED) is 0.475. The van der Waals surface area contributed by atoms with Gasteiger partial charge in [-0.15, -0.1) is 0 Å². The van der Waals surface area contributed by atoms with Crippen LogP contribution in [0.3, 0.4) is 0 Å². The highest BCUT2D eigenvalue weighted by molar-refractivity contribution is 7.80. The molecule has 0 bridgehead atoms. The lowest BCUT2D eigenvalue weighted by Gasteiger charge is -2.29.